The van der Waals surface area contributed by atoms with Crippen molar-refractivity contribution < 1.29 is 14.7 Å². The van der Waals surface area contributed by atoms with Gasteiger partial charge in [0.15, 0.2) is 0 Å². The van der Waals surface area contributed by atoms with Crippen LogP contribution in [0.15, 0.2) is 0 Å². The van der Waals surface area contributed by atoms with Crippen LogP contribution in [0.1, 0.15) is 20.3 Å². The Morgan fingerprint density at radius 2 is 2.23 bits per heavy atom. The Morgan fingerprint density at radius 3 is 2.62 bits per heavy atom. The van der Waals surface area contributed by atoms with E-state index < -0.39 is 12.1 Å². The van der Waals surface area contributed by atoms with Crippen molar-refractivity contribution in [1.82, 2.24) is 10.2 Å². The summed E-state index contributed by atoms with van der Waals surface area (Å²) in [7, 11) is 0. The highest BCUT2D eigenvalue weighted by molar-refractivity contribution is 6.03. The average Bonchev–Trinajstić information content (AvgIpc) is 2.24. The standard InChI is InChI=1S/C8H14N2O3/c1-5(11)3-4-10-6(2)7(12)9-8(10)13/h5-6,11H,3-4H2,1-2H3,(H,9,12,13). The minimum atomic E-state index is -0.448. The molecule has 5 nitrogen and oxygen atoms in total. The Balaban J connectivity index is 2.49. The number of hydrogen-bond acceptors (Lipinski definition) is 3. The van der Waals surface area contributed by atoms with Crippen molar-refractivity contribution >= 4 is 11.9 Å². The van der Waals surface area contributed by atoms with Gasteiger partial charge in [0.1, 0.15) is 6.04 Å². The lowest BCUT2D eigenvalue weighted by molar-refractivity contribution is -0.121. The van der Waals surface area contributed by atoms with Gasteiger partial charge in [0, 0.05) is 6.54 Å². The molecule has 0 aromatic rings. The van der Waals surface area contributed by atoms with Gasteiger partial charge in [-0.05, 0) is 20.3 Å². The first kappa shape index (κ1) is 9.98. The van der Waals surface area contributed by atoms with Crippen LogP contribution in [0.5, 0.6) is 0 Å². The van der Waals surface area contributed by atoms with Crippen LogP contribution >= 0.6 is 0 Å². The maximum Gasteiger partial charge on any atom is 0.324 e. The summed E-state index contributed by atoms with van der Waals surface area (Å²) in [4.78, 5) is 23.5. The predicted molar refractivity (Wildman–Crippen MR) is 46.0 cm³/mol. The molecule has 1 fully saturated rings. The molecule has 5 heteroatoms. The molecule has 3 amide bonds. The van der Waals surface area contributed by atoms with Gasteiger partial charge in [-0.25, -0.2) is 4.79 Å². The SMILES string of the molecule is CC(O)CCN1C(=O)NC(=O)C1C. The van der Waals surface area contributed by atoms with Crippen LogP contribution in [0.3, 0.4) is 0 Å². The van der Waals surface area contributed by atoms with Crippen LogP contribution < -0.4 is 5.32 Å². The van der Waals surface area contributed by atoms with Gasteiger partial charge in [-0.15, -0.1) is 0 Å². The Kier molecular flexibility index (Phi) is 2.87. The fraction of sp³-hybridized carbons (Fsp3) is 0.750. The summed E-state index contributed by atoms with van der Waals surface area (Å²) in [5.74, 6) is -0.268. The summed E-state index contributed by atoms with van der Waals surface area (Å²) in [6.07, 6.45) is 0.0427. The number of imide groups is 1. The zero-order valence-corrected chi connectivity index (χ0v) is 7.78. The summed E-state index contributed by atoms with van der Waals surface area (Å²) in [6.45, 7) is 3.74. The zero-order chi connectivity index (χ0) is 10.0. The van der Waals surface area contributed by atoms with E-state index >= 15 is 0 Å². The number of carbonyl (C=O) groups is 2. The molecule has 2 N–H and O–H groups in total. The fourth-order valence-corrected chi connectivity index (χ4v) is 1.22. The second-order valence-corrected chi connectivity index (χ2v) is 3.30. The molecule has 0 saturated carbocycles. The van der Waals surface area contributed by atoms with Crippen molar-refractivity contribution in [3.8, 4) is 0 Å². The largest absolute Gasteiger partial charge is 0.393 e. The van der Waals surface area contributed by atoms with Gasteiger partial charge in [0.25, 0.3) is 5.91 Å². The van der Waals surface area contributed by atoms with Crippen LogP contribution in [-0.2, 0) is 4.79 Å². The normalized spacial score (nSPS) is 24.8. The number of nitrogens with zero attached hydrogens (tertiary/aromatic N) is 1. The third kappa shape index (κ3) is 2.18. The molecule has 0 bridgehead atoms. The lowest BCUT2D eigenvalue weighted by Gasteiger charge is -2.18. The number of urea groups is 1. The van der Waals surface area contributed by atoms with Gasteiger partial charge < -0.3 is 10.0 Å². The van der Waals surface area contributed by atoms with Gasteiger partial charge in [-0.1, -0.05) is 0 Å². The Bertz CT molecular complexity index is 227. The predicted octanol–water partition coefficient (Wildman–Crippen LogP) is -0.302. The van der Waals surface area contributed by atoms with E-state index in [9.17, 15) is 9.59 Å². The van der Waals surface area contributed by atoms with Crippen LogP contribution in [0.2, 0.25) is 0 Å². The lowest BCUT2D eigenvalue weighted by atomic mass is 10.2. The first-order valence-electron chi connectivity index (χ1n) is 4.32. The molecule has 2 unspecified atom stereocenters. The van der Waals surface area contributed by atoms with Gasteiger partial charge >= 0.3 is 6.03 Å². The molecule has 0 radical (unpaired) electrons. The molecule has 1 aliphatic rings. The molecule has 1 aliphatic heterocycles. The highest BCUT2D eigenvalue weighted by atomic mass is 16.3. The van der Waals surface area contributed by atoms with Crippen LogP contribution in [0.25, 0.3) is 0 Å². The topological polar surface area (TPSA) is 69.6 Å². The Morgan fingerprint density at radius 1 is 1.62 bits per heavy atom. The maximum absolute atomic E-state index is 11.1. The summed E-state index contributed by atoms with van der Waals surface area (Å²) < 4.78 is 0. The zero-order valence-electron chi connectivity index (χ0n) is 7.78. The minimum absolute atomic E-state index is 0.268. The Labute approximate surface area is 76.7 Å². The monoisotopic (exact) mass is 186 g/mol. The maximum atomic E-state index is 11.1. The molecular weight excluding hydrogens is 172 g/mol. The van der Waals surface area contributed by atoms with E-state index in [0.29, 0.717) is 13.0 Å². The highest BCUT2D eigenvalue weighted by Crippen LogP contribution is 2.08. The number of nitrogens with one attached hydrogen (secondary N) is 1. The van der Waals surface area contributed by atoms with Crippen molar-refractivity contribution in [2.75, 3.05) is 6.54 Å². The van der Waals surface area contributed by atoms with Crippen LogP contribution in [0, 0.1) is 0 Å². The second-order valence-electron chi connectivity index (χ2n) is 3.30. The molecule has 2 atom stereocenters. The third-order valence-electron chi connectivity index (χ3n) is 2.13. The minimum Gasteiger partial charge on any atom is -0.393 e. The molecule has 1 rings (SSSR count). The first-order valence-corrected chi connectivity index (χ1v) is 4.32. The molecule has 74 valence electrons. The van der Waals surface area contributed by atoms with E-state index in [-0.39, 0.29) is 11.9 Å². The van der Waals surface area contributed by atoms with E-state index in [2.05, 4.69) is 5.32 Å². The summed E-state index contributed by atoms with van der Waals surface area (Å²) in [5, 5.41) is 11.2. The van der Waals surface area contributed by atoms with Crippen molar-refractivity contribution in [2.45, 2.75) is 32.4 Å². The van der Waals surface area contributed by atoms with Crippen molar-refractivity contribution in [3.05, 3.63) is 0 Å². The number of aliphatic hydroxyl groups excluding tert-OH is 1. The fourth-order valence-electron chi connectivity index (χ4n) is 1.22. The van der Waals surface area contributed by atoms with Crippen molar-refractivity contribution in [1.29, 1.82) is 0 Å². The summed E-state index contributed by atoms with van der Waals surface area (Å²) in [6, 6.07) is -0.774. The van der Waals surface area contributed by atoms with E-state index in [1.54, 1.807) is 13.8 Å². The molecule has 1 heterocycles. The quantitative estimate of drug-likeness (QED) is 0.594. The summed E-state index contributed by atoms with van der Waals surface area (Å²) in [5.41, 5.74) is 0. The first-order chi connectivity index (χ1) is 6.02. The molecule has 1 saturated heterocycles. The highest BCUT2D eigenvalue weighted by Gasteiger charge is 2.34. The van der Waals surface area contributed by atoms with Crippen molar-refractivity contribution in [2.24, 2.45) is 0 Å². The lowest BCUT2D eigenvalue weighted by Crippen LogP contribution is -2.34. The molecule has 0 spiro atoms. The number of hydrogen-bond donors (Lipinski definition) is 2. The molecule has 0 aromatic heterocycles. The molecule has 0 aliphatic carbocycles. The number of carbonyl (C=O) groups excluding carboxylic acids is 2. The number of aliphatic hydroxyl groups is 1. The summed E-state index contributed by atoms with van der Waals surface area (Å²) >= 11 is 0. The van der Waals surface area contributed by atoms with Gasteiger partial charge in [0.2, 0.25) is 0 Å². The van der Waals surface area contributed by atoms with E-state index in [4.69, 9.17) is 5.11 Å². The number of rotatable bonds is 3. The molecule has 0 aromatic carbocycles. The van der Waals surface area contributed by atoms with Gasteiger partial charge in [-0.2, -0.15) is 0 Å². The van der Waals surface area contributed by atoms with E-state index in [1.165, 1.54) is 4.90 Å². The second kappa shape index (κ2) is 3.74. The average molecular weight is 186 g/mol. The van der Waals surface area contributed by atoms with Crippen LogP contribution in [-0.4, -0.2) is 40.6 Å². The molecule has 13 heavy (non-hydrogen) atoms. The smallest absolute Gasteiger partial charge is 0.324 e. The van der Waals surface area contributed by atoms with Gasteiger partial charge in [-0.3, -0.25) is 10.1 Å². The Hall–Kier alpha value is -1.10. The van der Waals surface area contributed by atoms with E-state index in [0.717, 1.165) is 0 Å². The number of amides is 3. The third-order valence-corrected chi connectivity index (χ3v) is 2.13. The van der Waals surface area contributed by atoms with Crippen LogP contribution in [0.4, 0.5) is 4.79 Å². The molecular formula is C8H14N2O3. The van der Waals surface area contributed by atoms with Crippen molar-refractivity contribution in [3.63, 3.8) is 0 Å². The van der Waals surface area contributed by atoms with E-state index in [1.807, 2.05) is 0 Å². The van der Waals surface area contributed by atoms with Gasteiger partial charge in [0.05, 0.1) is 6.10 Å².